The summed E-state index contributed by atoms with van der Waals surface area (Å²) in [6.45, 7) is 7.84. The summed E-state index contributed by atoms with van der Waals surface area (Å²) in [6, 6.07) is 23.0. The summed E-state index contributed by atoms with van der Waals surface area (Å²) in [5.74, 6) is 0. The molecule has 0 amide bonds. The molecule has 0 radical (unpaired) electrons. The van der Waals surface area contributed by atoms with Crippen molar-refractivity contribution in [2.75, 3.05) is 0 Å². The van der Waals surface area contributed by atoms with Crippen molar-refractivity contribution in [2.45, 2.75) is 27.7 Å². The largest absolute Gasteiger partial charge is 2.00 e. The Bertz CT molecular complexity index is 1180. The molecule has 4 aromatic rings. The number of rotatable bonds is 4. The number of aliphatic imine (C=N–C) groups is 2. The Morgan fingerprint density at radius 3 is 1.35 bits per heavy atom. The topological polar surface area (TPSA) is 50.5 Å². The van der Waals surface area contributed by atoms with Gasteiger partial charge in [-0.3, -0.25) is 4.98 Å². The summed E-state index contributed by atoms with van der Waals surface area (Å²) in [5, 5.41) is 1.25. The van der Waals surface area contributed by atoms with E-state index in [0.29, 0.717) is 10.0 Å². The molecule has 0 aliphatic carbocycles. The zero-order valence-corrected chi connectivity index (χ0v) is 24.9. The Morgan fingerprint density at radius 2 is 1.03 bits per heavy atom. The first-order valence-electron chi connectivity index (χ1n) is 10.8. The number of hydrogen-bond donors (Lipinski definition) is 0. The van der Waals surface area contributed by atoms with Crippen molar-refractivity contribution in [2.24, 2.45) is 9.98 Å². The fourth-order valence-corrected chi connectivity index (χ4v) is 3.66. The second-order valence-electron chi connectivity index (χ2n) is 7.64. The molecule has 0 atom stereocenters. The fourth-order valence-electron chi connectivity index (χ4n) is 3.13. The summed E-state index contributed by atoms with van der Waals surface area (Å²) >= 11 is 12.6. The minimum atomic E-state index is 0. The van der Waals surface area contributed by atoms with Crippen LogP contribution >= 0.6 is 23.2 Å². The van der Waals surface area contributed by atoms with Crippen LogP contribution in [0, 0.1) is 13.8 Å². The summed E-state index contributed by atoms with van der Waals surface area (Å²) in [5.41, 5.74) is 6.73. The number of para-hydroxylation sites is 2. The van der Waals surface area contributed by atoms with Gasteiger partial charge in [-0.1, -0.05) is 59.6 Å². The van der Waals surface area contributed by atoms with E-state index < -0.39 is 0 Å². The minimum Gasteiger partial charge on any atom is -1.00 e. The maximum absolute atomic E-state index is 6.30. The quantitative estimate of drug-likeness (QED) is 0.262. The molecule has 0 bridgehead atoms. The van der Waals surface area contributed by atoms with Crippen LogP contribution in [0.15, 0.2) is 95.2 Å². The van der Waals surface area contributed by atoms with E-state index in [0.717, 1.165) is 45.3 Å². The van der Waals surface area contributed by atoms with Gasteiger partial charge in [-0.2, -0.15) is 0 Å². The molecule has 0 saturated carbocycles. The molecule has 4 nitrogen and oxygen atoms in total. The molecule has 0 unspecified atom stereocenters. The molecule has 0 N–H and O–H groups in total. The third kappa shape index (κ3) is 10.2. The van der Waals surface area contributed by atoms with Gasteiger partial charge in [-0.15, -0.1) is 0 Å². The summed E-state index contributed by atoms with van der Waals surface area (Å²) in [7, 11) is 0. The number of hydrogen-bond acceptors (Lipinski definition) is 4. The van der Waals surface area contributed by atoms with E-state index in [2.05, 4.69) is 4.98 Å². The van der Waals surface area contributed by atoms with Gasteiger partial charge in [0.05, 0.1) is 44.2 Å². The van der Waals surface area contributed by atoms with Gasteiger partial charge in [0, 0.05) is 12.4 Å². The van der Waals surface area contributed by atoms with Crippen LogP contribution < -0.4 is 24.8 Å². The van der Waals surface area contributed by atoms with Crippen molar-refractivity contribution < 1.29 is 41.9 Å². The molecule has 9 heteroatoms. The molecule has 2 aromatic carbocycles. The predicted molar refractivity (Wildman–Crippen MR) is 145 cm³/mol. The molecule has 4 rings (SSSR count). The molecule has 0 aliphatic heterocycles. The third-order valence-electron chi connectivity index (χ3n) is 4.99. The SMILES string of the molecule is CC(=Nc1c(C)cccc1Cl)c1cccc(C(C)=Nc2c(C)cccc2Cl)n1.[Cl-].[Cl-].[Fe+2].c1ccncc1. The van der Waals surface area contributed by atoms with Crippen LogP contribution in [0.1, 0.15) is 36.4 Å². The van der Waals surface area contributed by atoms with Crippen LogP contribution in [0.25, 0.3) is 0 Å². The Kier molecular flexibility index (Phi) is 16.3. The molecule has 0 spiro atoms. The number of benzene rings is 2. The monoisotopic (exact) mass is 614 g/mol. The minimum absolute atomic E-state index is 0. The van der Waals surface area contributed by atoms with Crippen molar-refractivity contribution in [3.8, 4) is 0 Å². The van der Waals surface area contributed by atoms with Crippen molar-refractivity contribution in [3.05, 3.63) is 118 Å². The summed E-state index contributed by atoms with van der Waals surface area (Å²) < 4.78 is 0. The third-order valence-corrected chi connectivity index (χ3v) is 5.60. The average Bonchev–Trinajstić information content (AvgIpc) is 2.85. The van der Waals surface area contributed by atoms with Gasteiger partial charge in [0.15, 0.2) is 0 Å². The molecule has 0 saturated heterocycles. The first-order valence-corrected chi connectivity index (χ1v) is 11.6. The van der Waals surface area contributed by atoms with Crippen molar-refractivity contribution in [1.29, 1.82) is 0 Å². The second-order valence-corrected chi connectivity index (χ2v) is 8.45. The van der Waals surface area contributed by atoms with E-state index in [1.54, 1.807) is 12.4 Å². The Balaban J connectivity index is 0.00000127. The zero-order valence-electron chi connectivity index (χ0n) is 20.7. The molecule has 2 aromatic heterocycles. The van der Waals surface area contributed by atoms with Crippen LogP contribution in [0.5, 0.6) is 0 Å². The van der Waals surface area contributed by atoms with Crippen molar-refractivity contribution in [3.63, 3.8) is 0 Å². The van der Waals surface area contributed by atoms with Gasteiger partial charge < -0.3 is 24.8 Å². The normalized spacial score (nSPS) is 10.6. The van der Waals surface area contributed by atoms with E-state index in [4.69, 9.17) is 38.2 Å². The summed E-state index contributed by atoms with van der Waals surface area (Å²) in [6.07, 6.45) is 3.50. The first-order chi connectivity index (χ1) is 16.4. The van der Waals surface area contributed by atoms with Crippen LogP contribution in [-0.2, 0) is 17.1 Å². The van der Waals surface area contributed by atoms with Crippen LogP contribution in [0.2, 0.25) is 10.0 Å². The maximum Gasteiger partial charge on any atom is 2.00 e. The van der Waals surface area contributed by atoms with Gasteiger partial charge in [0.2, 0.25) is 0 Å². The zero-order chi connectivity index (χ0) is 24.5. The number of halogens is 4. The number of nitrogens with zero attached hydrogens (tertiary/aromatic N) is 4. The van der Waals surface area contributed by atoms with Crippen molar-refractivity contribution >= 4 is 46.0 Å². The van der Waals surface area contributed by atoms with Gasteiger partial charge in [0.25, 0.3) is 0 Å². The number of pyridine rings is 2. The smallest absolute Gasteiger partial charge is 1.00 e. The standard InChI is InChI=1S/C23H21Cl2N3.C5H5N.2ClH.Fe/c1-14-8-5-10-18(24)22(14)26-16(3)20-12-7-13-21(28-20)17(4)27-23-15(2)9-6-11-19(23)25;1-2-4-6-5-3-1;;;/h5-13H,1-4H3;1-5H;2*1H;/q;;;;+2/p-2. The molecular weight excluding hydrogens is 590 g/mol. The van der Waals surface area contributed by atoms with E-state index in [1.165, 1.54) is 0 Å². The molecule has 37 heavy (non-hydrogen) atoms. The maximum atomic E-state index is 6.30. The average molecular weight is 616 g/mol. The predicted octanol–water partition coefficient (Wildman–Crippen LogP) is 2.37. The first kappa shape index (κ1) is 34.8. The van der Waals surface area contributed by atoms with E-state index in [9.17, 15) is 0 Å². The Labute approximate surface area is 252 Å². The molecule has 2 heterocycles. The van der Waals surface area contributed by atoms with Gasteiger partial charge >= 0.3 is 17.1 Å². The Morgan fingerprint density at radius 1 is 0.622 bits per heavy atom. The number of aryl methyl sites for hydroxylation is 2. The van der Waals surface area contributed by atoms with Gasteiger partial charge in [-0.05, 0) is 75.2 Å². The van der Waals surface area contributed by atoms with Crippen molar-refractivity contribution in [1.82, 2.24) is 9.97 Å². The van der Waals surface area contributed by atoms with Gasteiger partial charge in [0.1, 0.15) is 0 Å². The fraction of sp³-hybridized carbons (Fsp3) is 0.143. The molecule has 194 valence electrons. The second kappa shape index (κ2) is 17.3. The molecular formula is C28H26Cl4FeN4. The Hall–Kier alpha value is -2.24. The molecule has 0 aliphatic rings. The number of aromatic nitrogens is 2. The van der Waals surface area contributed by atoms with E-state index in [-0.39, 0.29) is 41.9 Å². The van der Waals surface area contributed by atoms with Gasteiger partial charge in [-0.25, -0.2) is 15.0 Å². The summed E-state index contributed by atoms with van der Waals surface area (Å²) in [4.78, 5) is 17.9. The molecule has 0 fully saturated rings. The van der Waals surface area contributed by atoms with Crippen LogP contribution in [-0.4, -0.2) is 21.4 Å². The van der Waals surface area contributed by atoms with Crippen LogP contribution in [0.3, 0.4) is 0 Å². The van der Waals surface area contributed by atoms with E-state index >= 15 is 0 Å². The van der Waals surface area contributed by atoms with E-state index in [1.807, 2.05) is 100 Å². The van der Waals surface area contributed by atoms with Crippen LogP contribution in [0.4, 0.5) is 11.4 Å².